The van der Waals surface area contributed by atoms with Crippen LogP contribution in [0.1, 0.15) is 33.0 Å². The van der Waals surface area contributed by atoms with Gasteiger partial charge in [0.15, 0.2) is 0 Å². The van der Waals surface area contributed by atoms with Crippen molar-refractivity contribution in [2.45, 2.75) is 19.8 Å². The van der Waals surface area contributed by atoms with E-state index in [4.69, 9.17) is 0 Å². The molecule has 0 spiro atoms. The summed E-state index contributed by atoms with van der Waals surface area (Å²) < 4.78 is 29.7. The highest BCUT2D eigenvalue weighted by Gasteiger charge is 2.37. The van der Waals surface area contributed by atoms with E-state index in [-0.39, 0.29) is 18.7 Å². The minimum Gasteiger partial charge on any atom is -0.396 e. The van der Waals surface area contributed by atoms with Crippen molar-refractivity contribution >= 4 is 17.6 Å². The van der Waals surface area contributed by atoms with Gasteiger partial charge in [0.05, 0.1) is 5.92 Å². The quantitative estimate of drug-likeness (QED) is 0.751. The number of aryl methyl sites for hydroxylation is 2. The molecule has 2 amide bonds. The van der Waals surface area contributed by atoms with Gasteiger partial charge in [0.25, 0.3) is 5.91 Å². The highest BCUT2D eigenvalue weighted by Crippen LogP contribution is 2.31. The maximum Gasteiger partial charge on any atom is 0.259 e. The van der Waals surface area contributed by atoms with Crippen molar-refractivity contribution in [1.29, 1.82) is 0 Å². The van der Waals surface area contributed by atoms with Gasteiger partial charge in [-0.1, -0.05) is 6.07 Å². The molecule has 2 aromatic rings. The third kappa shape index (κ3) is 4.04. The van der Waals surface area contributed by atoms with Crippen LogP contribution in [0.3, 0.4) is 0 Å². The van der Waals surface area contributed by atoms with Crippen molar-refractivity contribution in [3.8, 4) is 0 Å². The van der Waals surface area contributed by atoms with Gasteiger partial charge in [0.1, 0.15) is 23.0 Å². The summed E-state index contributed by atoms with van der Waals surface area (Å²) in [6.07, 6.45) is 1.79. The average molecular weight is 444 g/mol. The molecule has 1 aromatic heterocycles. The normalized spacial score (nSPS) is 21.1. The van der Waals surface area contributed by atoms with E-state index in [9.17, 15) is 23.5 Å². The van der Waals surface area contributed by atoms with Crippen molar-refractivity contribution < 1.29 is 23.5 Å². The van der Waals surface area contributed by atoms with Crippen molar-refractivity contribution in [1.82, 2.24) is 15.2 Å². The Hall–Kier alpha value is -3.07. The lowest BCUT2D eigenvalue weighted by Crippen LogP contribution is -2.49. The van der Waals surface area contributed by atoms with Crippen LogP contribution in [0.2, 0.25) is 0 Å². The highest BCUT2D eigenvalue weighted by atomic mass is 19.1. The van der Waals surface area contributed by atoms with E-state index in [0.717, 1.165) is 29.1 Å². The predicted molar refractivity (Wildman–Crippen MR) is 115 cm³/mol. The largest absolute Gasteiger partial charge is 0.396 e. The van der Waals surface area contributed by atoms with Gasteiger partial charge in [-0.3, -0.25) is 9.59 Å². The second-order valence-corrected chi connectivity index (χ2v) is 8.46. The lowest BCUT2D eigenvalue weighted by molar-refractivity contribution is -0.120. The lowest BCUT2D eigenvalue weighted by atomic mass is 9.88. The number of aromatic nitrogens is 1. The Balaban J connectivity index is 1.50. The molecule has 0 bridgehead atoms. The fraction of sp³-hybridized carbons (Fsp3) is 0.435. The van der Waals surface area contributed by atoms with Crippen LogP contribution in [-0.2, 0) is 4.79 Å². The van der Waals surface area contributed by atoms with Crippen LogP contribution in [-0.4, -0.2) is 66.1 Å². The molecule has 32 heavy (non-hydrogen) atoms. The molecule has 9 heteroatoms. The molecule has 0 radical (unpaired) electrons. The van der Waals surface area contributed by atoms with Crippen LogP contribution in [0.5, 0.6) is 0 Å². The van der Waals surface area contributed by atoms with E-state index < -0.39 is 40.8 Å². The Kier molecular flexibility index (Phi) is 6.10. The molecule has 0 saturated carbocycles. The van der Waals surface area contributed by atoms with Gasteiger partial charge in [-0.05, 0) is 42.7 Å². The number of carbonyl (C=O) groups is 2. The highest BCUT2D eigenvalue weighted by molar-refractivity contribution is 5.95. The number of rotatable bonds is 4. The Morgan fingerprint density at radius 2 is 1.81 bits per heavy atom. The number of hydrogen-bond donors (Lipinski definition) is 2. The Morgan fingerprint density at radius 3 is 2.41 bits per heavy atom. The first-order chi connectivity index (χ1) is 15.3. The van der Waals surface area contributed by atoms with Crippen molar-refractivity contribution in [3.05, 3.63) is 58.3 Å². The molecule has 7 nitrogen and oxygen atoms in total. The molecule has 2 aliphatic rings. The number of carbonyl (C=O) groups excluding carboxylic acids is 2. The number of hydrogen-bond acceptors (Lipinski definition) is 5. The van der Waals surface area contributed by atoms with E-state index in [1.165, 1.54) is 4.90 Å². The predicted octanol–water partition coefficient (Wildman–Crippen LogP) is 1.76. The van der Waals surface area contributed by atoms with Crippen LogP contribution >= 0.6 is 0 Å². The summed E-state index contributed by atoms with van der Waals surface area (Å²) in [6, 6.07) is 4.10. The molecule has 4 rings (SSSR count). The molecule has 2 aliphatic heterocycles. The van der Waals surface area contributed by atoms with Gasteiger partial charge >= 0.3 is 0 Å². The Morgan fingerprint density at radius 1 is 1.16 bits per heavy atom. The zero-order valence-electron chi connectivity index (χ0n) is 18.1. The minimum absolute atomic E-state index is 0.122. The van der Waals surface area contributed by atoms with Gasteiger partial charge in [-0.2, -0.15) is 0 Å². The van der Waals surface area contributed by atoms with Crippen molar-refractivity contribution in [3.63, 3.8) is 0 Å². The van der Waals surface area contributed by atoms with Crippen LogP contribution in [0.15, 0.2) is 24.4 Å². The van der Waals surface area contributed by atoms with Crippen LogP contribution in [0.25, 0.3) is 0 Å². The molecule has 1 unspecified atom stereocenters. The second-order valence-electron chi connectivity index (χ2n) is 8.46. The van der Waals surface area contributed by atoms with Crippen LogP contribution in [0, 0.1) is 31.4 Å². The van der Waals surface area contributed by atoms with Gasteiger partial charge < -0.3 is 20.2 Å². The molecule has 170 valence electrons. The molecular weight excluding hydrogens is 418 g/mol. The summed E-state index contributed by atoms with van der Waals surface area (Å²) in [5, 5.41) is 12.0. The van der Waals surface area contributed by atoms with Crippen molar-refractivity contribution in [2.75, 3.05) is 44.2 Å². The van der Waals surface area contributed by atoms with E-state index in [1.54, 1.807) is 6.20 Å². The standard InChI is InChI=1S/C23H26F2N4O3/c1-13-7-14(2)21(26-10-13)28-3-5-29(6-4-28)23(32)20-17(24)8-15(9-18(20)25)19-16(12-30)11-27-22(19)31/h7-10,16,19,30H,3-6,11-12H2,1-2H3,(H,27,31)/t16?,19-/m0/s1. The van der Waals surface area contributed by atoms with E-state index in [2.05, 4.69) is 15.2 Å². The third-order valence-electron chi connectivity index (χ3n) is 6.22. The molecule has 2 N–H and O–H groups in total. The first-order valence-corrected chi connectivity index (χ1v) is 10.6. The summed E-state index contributed by atoms with van der Waals surface area (Å²) in [5.74, 6) is -3.57. The number of benzene rings is 1. The van der Waals surface area contributed by atoms with Gasteiger partial charge in [0.2, 0.25) is 5.91 Å². The van der Waals surface area contributed by atoms with Crippen molar-refractivity contribution in [2.24, 2.45) is 5.92 Å². The molecule has 1 aromatic carbocycles. The molecule has 3 heterocycles. The monoisotopic (exact) mass is 444 g/mol. The fourth-order valence-corrected chi connectivity index (χ4v) is 4.56. The lowest BCUT2D eigenvalue weighted by Gasteiger charge is -2.36. The number of aliphatic hydroxyl groups excluding tert-OH is 1. The average Bonchev–Trinajstić information content (AvgIpc) is 3.14. The number of halogens is 2. The van der Waals surface area contributed by atoms with Gasteiger partial charge in [-0.15, -0.1) is 0 Å². The number of pyridine rings is 1. The number of nitrogens with one attached hydrogen (secondary N) is 1. The second kappa shape index (κ2) is 8.82. The summed E-state index contributed by atoms with van der Waals surface area (Å²) in [7, 11) is 0. The summed E-state index contributed by atoms with van der Waals surface area (Å²) in [6.45, 7) is 5.53. The number of nitrogens with zero attached hydrogens (tertiary/aromatic N) is 3. The smallest absolute Gasteiger partial charge is 0.259 e. The topological polar surface area (TPSA) is 85.8 Å². The van der Waals surface area contributed by atoms with E-state index in [1.807, 2.05) is 19.9 Å². The Bertz CT molecular complexity index is 1030. The summed E-state index contributed by atoms with van der Waals surface area (Å²) >= 11 is 0. The minimum atomic E-state index is -1.00. The third-order valence-corrected chi connectivity index (χ3v) is 6.22. The SMILES string of the molecule is Cc1cnc(N2CCN(C(=O)c3c(F)cc([C@@H]4C(=O)NCC4CO)cc3F)CC2)c(C)c1. The molecule has 2 fully saturated rings. The zero-order valence-corrected chi connectivity index (χ0v) is 18.1. The maximum absolute atomic E-state index is 14.9. The zero-order chi connectivity index (χ0) is 23.0. The number of anilines is 1. The molecule has 2 saturated heterocycles. The van der Waals surface area contributed by atoms with Crippen LogP contribution < -0.4 is 10.2 Å². The molecular formula is C23H26F2N4O3. The first kappa shape index (κ1) is 22.1. The maximum atomic E-state index is 14.9. The van der Waals surface area contributed by atoms with Gasteiger partial charge in [-0.25, -0.2) is 13.8 Å². The number of amides is 2. The number of aliphatic hydroxyl groups is 1. The Labute approximate surface area is 185 Å². The first-order valence-electron chi connectivity index (χ1n) is 10.6. The molecule has 0 aliphatic carbocycles. The molecule has 2 atom stereocenters. The van der Waals surface area contributed by atoms with Crippen LogP contribution in [0.4, 0.5) is 14.6 Å². The fourth-order valence-electron chi connectivity index (χ4n) is 4.56. The summed E-state index contributed by atoms with van der Waals surface area (Å²) in [5.41, 5.74) is 1.60. The van der Waals surface area contributed by atoms with E-state index >= 15 is 0 Å². The van der Waals surface area contributed by atoms with E-state index in [0.29, 0.717) is 26.2 Å². The summed E-state index contributed by atoms with van der Waals surface area (Å²) in [4.78, 5) is 32.9. The van der Waals surface area contributed by atoms with Gasteiger partial charge in [0, 0.05) is 51.4 Å². The number of piperazine rings is 1.